The number of rotatable bonds is 6. The molecule has 0 spiro atoms. The first-order valence-electron chi connectivity index (χ1n) is 6.79. The van der Waals surface area contributed by atoms with Gasteiger partial charge in [-0.25, -0.2) is 0 Å². The number of amides is 1. The first kappa shape index (κ1) is 13.9. The van der Waals surface area contributed by atoms with Gasteiger partial charge in [0.05, 0.1) is 18.5 Å². The third-order valence-corrected chi connectivity index (χ3v) is 3.87. The van der Waals surface area contributed by atoms with Gasteiger partial charge in [-0.2, -0.15) is 5.10 Å². The van der Waals surface area contributed by atoms with Crippen molar-refractivity contribution in [1.82, 2.24) is 9.78 Å². The molecule has 0 unspecified atom stereocenters. The van der Waals surface area contributed by atoms with E-state index in [0.717, 1.165) is 25.1 Å². The fourth-order valence-corrected chi connectivity index (χ4v) is 2.68. The van der Waals surface area contributed by atoms with Crippen LogP contribution in [0.5, 0.6) is 0 Å². The Hall–Kier alpha value is -1.56. The molecule has 106 valence electrons. The number of anilines is 1. The number of carbonyl (C=O) groups excluding carboxylic acids is 1. The van der Waals surface area contributed by atoms with Crippen LogP contribution in [0.3, 0.4) is 0 Å². The number of carbonyl (C=O) groups is 1. The summed E-state index contributed by atoms with van der Waals surface area (Å²) in [6, 6.07) is 0. The predicted octanol–water partition coefficient (Wildman–Crippen LogP) is 0.723. The Labute approximate surface area is 113 Å². The molecule has 1 amide bonds. The van der Waals surface area contributed by atoms with Crippen molar-refractivity contribution in [1.29, 1.82) is 0 Å². The normalized spacial score (nSPS) is 18.2. The first-order valence-corrected chi connectivity index (χ1v) is 6.79. The monoisotopic (exact) mass is 266 g/mol. The summed E-state index contributed by atoms with van der Waals surface area (Å²) < 4.78 is 1.51. The molecular formula is C13H22N4O2. The molecule has 0 aromatic carbocycles. The Morgan fingerprint density at radius 1 is 1.47 bits per heavy atom. The second-order valence-corrected chi connectivity index (χ2v) is 5.47. The average Bonchev–Trinajstić information content (AvgIpc) is 2.84. The Balaban J connectivity index is 1.90. The summed E-state index contributed by atoms with van der Waals surface area (Å²) in [5.74, 6) is -0.409. The van der Waals surface area contributed by atoms with E-state index in [-0.39, 0.29) is 18.6 Å². The highest BCUT2D eigenvalue weighted by Gasteiger charge is 2.31. The van der Waals surface area contributed by atoms with Crippen molar-refractivity contribution in [2.75, 3.05) is 18.5 Å². The lowest BCUT2D eigenvalue weighted by atomic mass is 9.74. The van der Waals surface area contributed by atoms with Crippen LogP contribution in [0.25, 0.3) is 0 Å². The van der Waals surface area contributed by atoms with Gasteiger partial charge in [0, 0.05) is 18.2 Å². The highest BCUT2D eigenvalue weighted by Crippen LogP contribution is 2.35. The number of hydrogen-bond acceptors (Lipinski definition) is 4. The zero-order valence-corrected chi connectivity index (χ0v) is 11.1. The van der Waals surface area contributed by atoms with E-state index in [4.69, 9.17) is 5.73 Å². The molecule has 19 heavy (non-hydrogen) atoms. The molecule has 1 heterocycles. The number of nitrogens with zero attached hydrogens (tertiary/aromatic N) is 2. The fourth-order valence-electron chi connectivity index (χ4n) is 2.68. The van der Waals surface area contributed by atoms with E-state index in [9.17, 15) is 9.90 Å². The van der Waals surface area contributed by atoms with Crippen LogP contribution < -0.4 is 11.1 Å². The van der Waals surface area contributed by atoms with Crippen LogP contribution in [-0.2, 0) is 11.3 Å². The molecule has 0 aliphatic heterocycles. The van der Waals surface area contributed by atoms with Crippen molar-refractivity contribution in [2.24, 2.45) is 11.1 Å². The minimum atomic E-state index is -0.409. The summed E-state index contributed by atoms with van der Waals surface area (Å²) in [6.07, 6.45) is 9.19. The number of nitrogens with two attached hydrogens (primary N) is 1. The molecule has 6 nitrogen and oxygen atoms in total. The van der Waals surface area contributed by atoms with Crippen LogP contribution in [-0.4, -0.2) is 33.9 Å². The predicted molar refractivity (Wildman–Crippen MR) is 72.5 cm³/mol. The van der Waals surface area contributed by atoms with Crippen LogP contribution in [0.1, 0.15) is 32.1 Å². The third kappa shape index (κ3) is 3.70. The molecule has 2 rings (SSSR count). The van der Waals surface area contributed by atoms with Crippen molar-refractivity contribution < 1.29 is 9.90 Å². The van der Waals surface area contributed by atoms with Gasteiger partial charge in [-0.1, -0.05) is 19.3 Å². The molecule has 1 aromatic rings. The number of aliphatic hydroxyl groups is 1. The topological polar surface area (TPSA) is 93.2 Å². The van der Waals surface area contributed by atoms with E-state index in [0.29, 0.717) is 0 Å². The quantitative estimate of drug-likeness (QED) is 0.707. The van der Waals surface area contributed by atoms with Crippen LogP contribution in [0.4, 0.5) is 5.69 Å². The van der Waals surface area contributed by atoms with Crippen molar-refractivity contribution in [3.05, 3.63) is 12.4 Å². The van der Waals surface area contributed by atoms with Crippen LogP contribution in [0.2, 0.25) is 0 Å². The maximum atomic E-state index is 10.8. The van der Waals surface area contributed by atoms with Gasteiger partial charge in [-0.05, 0) is 12.8 Å². The Morgan fingerprint density at radius 3 is 2.84 bits per heavy atom. The fraction of sp³-hybridized carbons (Fsp3) is 0.692. The van der Waals surface area contributed by atoms with E-state index in [1.165, 1.54) is 23.9 Å². The van der Waals surface area contributed by atoms with Crippen LogP contribution >= 0.6 is 0 Å². The summed E-state index contributed by atoms with van der Waals surface area (Å²) in [4.78, 5) is 10.8. The van der Waals surface area contributed by atoms with Gasteiger partial charge < -0.3 is 16.2 Å². The molecule has 4 N–H and O–H groups in total. The van der Waals surface area contributed by atoms with Crippen LogP contribution in [0, 0.1) is 5.41 Å². The lowest BCUT2D eigenvalue weighted by molar-refractivity contribution is -0.118. The Kier molecular flexibility index (Phi) is 4.42. The number of hydrogen-bond donors (Lipinski definition) is 3. The molecule has 0 atom stereocenters. The smallest absolute Gasteiger partial charge is 0.239 e. The van der Waals surface area contributed by atoms with Crippen molar-refractivity contribution in [3.8, 4) is 0 Å². The van der Waals surface area contributed by atoms with Gasteiger partial charge in [0.1, 0.15) is 6.54 Å². The minimum Gasteiger partial charge on any atom is -0.396 e. The molecule has 1 aliphatic rings. The lowest BCUT2D eigenvalue weighted by Crippen LogP contribution is -2.35. The third-order valence-electron chi connectivity index (χ3n) is 3.87. The summed E-state index contributed by atoms with van der Waals surface area (Å²) in [7, 11) is 0. The van der Waals surface area contributed by atoms with Crippen molar-refractivity contribution >= 4 is 11.6 Å². The highest BCUT2D eigenvalue weighted by atomic mass is 16.3. The van der Waals surface area contributed by atoms with E-state index < -0.39 is 5.91 Å². The van der Waals surface area contributed by atoms with Crippen molar-refractivity contribution in [3.63, 3.8) is 0 Å². The largest absolute Gasteiger partial charge is 0.396 e. The molecule has 0 radical (unpaired) electrons. The zero-order valence-electron chi connectivity index (χ0n) is 11.1. The molecular weight excluding hydrogens is 244 g/mol. The molecule has 1 fully saturated rings. The Morgan fingerprint density at radius 2 is 2.21 bits per heavy atom. The number of primary amides is 1. The van der Waals surface area contributed by atoms with E-state index in [1.807, 2.05) is 0 Å². The maximum Gasteiger partial charge on any atom is 0.239 e. The van der Waals surface area contributed by atoms with E-state index in [1.54, 1.807) is 12.4 Å². The first-order chi connectivity index (χ1) is 9.13. The molecule has 1 aliphatic carbocycles. The second kappa shape index (κ2) is 6.06. The molecule has 0 bridgehead atoms. The minimum absolute atomic E-state index is 0.00988. The summed E-state index contributed by atoms with van der Waals surface area (Å²) >= 11 is 0. The molecule has 6 heteroatoms. The van der Waals surface area contributed by atoms with Crippen molar-refractivity contribution in [2.45, 2.75) is 38.6 Å². The van der Waals surface area contributed by atoms with Gasteiger partial charge in [-0.3, -0.25) is 9.48 Å². The molecule has 1 saturated carbocycles. The van der Waals surface area contributed by atoms with E-state index >= 15 is 0 Å². The molecule has 0 saturated heterocycles. The van der Waals surface area contributed by atoms with Crippen LogP contribution in [0.15, 0.2) is 12.4 Å². The van der Waals surface area contributed by atoms with Gasteiger partial charge in [0.2, 0.25) is 5.91 Å². The highest BCUT2D eigenvalue weighted by molar-refractivity contribution is 5.73. The number of aliphatic hydroxyl groups excluding tert-OH is 1. The number of aromatic nitrogens is 2. The Bertz CT molecular complexity index is 424. The summed E-state index contributed by atoms with van der Waals surface area (Å²) in [6.45, 7) is 1.05. The van der Waals surface area contributed by atoms with E-state index in [2.05, 4.69) is 10.4 Å². The van der Waals surface area contributed by atoms with Gasteiger partial charge >= 0.3 is 0 Å². The standard InChI is InChI=1S/C13H22N4O2/c14-12(19)8-17-7-11(6-16-17)15-9-13(10-18)4-2-1-3-5-13/h6-7,15,18H,1-5,8-10H2,(H2,14,19). The SMILES string of the molecule is NC(=O)Cn1cc(NCC2(CO)CCCCC2)cn1. The maximum absolute atomic E-state index is 10.8. The number of nitrogens with one attached hydrogen (secondary N) is 1. The average molecular weight is 266 g/mol. The lowest BCUT2D eigenvalue weighted by Gasteiger charge is -2.35. The van der Waals surface area contributed by atoms with Gasteiger partial charge in [0.15, 0.2) is 0 Å². The van der Waals surface area contributed by atoms with Gasteiger partial charge in [0.25, 0.3) is 0 Å². The zero-order chi connectivity index (χ0) is 13.7. The molecule has 1 aromatic heterocycles. The van der Waals surface area contributed by atoms with Gasteiger partial charge in [-0.15, -0.1) is 0 Å². The second-order valence-electron chi connectivity index (χ2n) is 5.47. The summed E-state index contributed by atoms with van der Waals surface area (Å²) in [5.41, 5.74) is 5.96. The summed E-state index contributed by atoms with van der Waals surface area (Å²) in [5, 5.41) is 17.0.